The van der Waals surface area contributed by atoms with Gasteiger partial charge in [0.2, 0.25) is 10.0 Å². The molecule has 8 heteroatoms. The molecule has 1 aromatic carbocycles. The van der Waals surface area contributed by atoms with Gasteiger partial charge in [0.1, 0.15) is 0 Å². The van der Waals surface area contributed by atoms with E-state index in [9.17, 15) is 13.2 Å². The zero-order valence-electron chi connectivity index (χ0n) is 11.9. The van der Waals surface area contributed by atoms with Gasteiger partial charge in [-0.15, -0.1) is 0 Å². The van der Waals surface area contributed by atoms with Crippen LogP contribution >= 0.6 is 11.6 Å². The Morgan fingerprint density at radius 2 is 2.05 bits per heavy atom. The lowest BCUT2D eigenvalue weighted by Crippen LogP contribution is -2.28. The number of nitrogens with two attached hydrogens (primary N) is 1. The van der Waals surface area contributed by atoms with Crippen LogP contribution in [0.2, 0.25) is 5.02 Å². The molecule has 1 amide bonds. The van der Waals surface area contributed by atoms with Crippen LogP contribution < -0.4 is 15.8 Å². The largest absolute Gasteiger partial charge is 0.384 e. The maximum Gasteiger partial charge on any atom is 0.253 e. The third-order valence-electron chi connectivity index (χ3n) is 2.68. The van der Waals surface area contributed by atoms with Crippen LogP contribution in [0, 0.1) is 0 Å². The predicted molar refractivity (Wildman–Crippen MR) is 85.2 cm³/mol. The highest BCUT2D eigenvalue weighted by molar-refractivity contribution is 7.89. The third-order valence-corrected chi connectivity index (χ3v) is 3.78. The molecule has 0 saturated heterocycles. The highest BCUT2D eigenvalue weighted by atomic mass is 35.5. The molecule has 1 aromatic rings. The van der Waals surface area contributed by atoms with E-state index < -0.39 is 10.0 Å². The van der Waals surface area contributed by atoms with Gasteiger partial charge in [0.15, 0.2) is 0 Å². The van der Waals surface area contributed by atoms with Crippen LogP contribution in [0.4, 0.5) is 5.69 Å². The van der Waals surface area contributed by atoms with Crippen molar-refractivity contribution in [3.63, 3.8) is 0 Å². The number of carbonyl (C=O) groups is 1. The van der Waals surface area contributed by atoms with Crippen molar-refractivity contribution in [3.05, 3.63) is 28.8 Å². The van der Waals surface area contributed by atoms with Gasteiger partial charge in [0.05, 0.1) is 11.3 Å². The van der Waals surface area contributed by atoms with E-state index in [2.05, 4.69) is 10.6 Å². The second-order valence-electron chi connectivity index (χ2n) is 4.59. The number of hydrogen-bond acceptors (Lipinski definition) is 4. The molecule has 21 heavy (non-hydrogen) atoms. The van der Waals surface area contributed by atoms with Gasteiger partial charge in [-0.25, -0.2) is 13.6 Å². The molecule has 1 rings (SSSR count). The summed E-state index contributed by atoms with van der Waals surface area (Å²) in [5.41, 5.74) is 1.14. The van der Waals surface area contributed by atoms with Gasteiger partial charge < -0.3 is 10.6 Å². The number of halogens is 1. The Morgan fingerprint density at radius 1 is 1.33 bits per heavy atom. The molecular formula is C13H20ClN3O3S. The van der Waals surface area contributed by atoms with Gasteiger partial charge >= 0.3 is 0 Å². The molecule has 0 aromatic heterocycles. The predicted octanol–water partition coefficient (Wildman–Crippen LogP) is 1.57. The molecule has 0 radical (unpaired) electrons. The first-order valence-corrected chi connectivity index (χ1v) is 8.75. The van der Waals surface area contributed by atoms with E-state index in [1.165, 1.54) is 0 Å². The fourth-order valence-electron chi connectivity index (χ4n) is 1.69. The number of carbonyl (C=O) groups excluding carboxylic acids is 1. The minimum Gasteiger partial charge on any atom is -0.384 e. The summed E-state index contributed by atoms with van der Waals surface area (Å²) in [5.74, 6) is -0.463. The summed E-state index contributed by atoms with van der Waals surface area (Å²) in [6, 6.07) is 5.03. The average molecular weight is 334 g/mol. The molecule has 0 aliphatic carbocycles. The summed E-state index contributed by atoms with van der Waals surface area (Å²) in [6.45, 7) is 3.00. The number of hydrogen-bond donors (Lipinski definition) is 3. The van der Waals surface area contributed by atoms with Crippen LogP contribution in [-0.2, 0) is 10.0 Å². The zero-order valence-corrected chi connectivity index (χ0v) is 13.4. The van der Waals surface area contributed by atoms with Gasteiger partial charge in [0.25, 0.3) is 5.91 Å². The van der Waals surface area contributed by atoms with Crippen LogP contribution in [0.1, 0.15) is 30.1 Å². The Morgan fingerprint density at radius 3 is 2.67 bits per heavy atom. The van der Waals surface area contributed by atoms with E-state index in [4.69, 9.17) is 16.7 Å². The minimum atomic E-state index is -3.50. The molecule has 0 heterocycles. The first-order chi connectivity index (χ1) is 9.83. The Hall–Kier alpha value is -1.31. The third kappa shape index (κ3) is 6.79. The van der Waals surface area contributed by atoms with Crippen LogP contribution in [0.25, 0.3) is 0 Å². The Balaban J connectivity index is 2.65. The Labute approximate surface area is 130 Å². The average Bonchev–Trinajstić information content (AvgIpc) is 2.41. The molecule has 0 saturated carbocycles. The van der Waals surface area contributed by atoms with Crippen molar-refractivity contribution in [3.8, 4) is 0 Å². The number of nitrogens with one attached hydrogen (secondary N) is 2. The van der Waals surface area contributed by atoms with Crippen LogP contribution in [0.5, 0.6) is 0 Å². The minimum absolute atomic E-state index is 0.163. The van der Waals surface area contributed by atoms with Gasteiger partial charge in [-0.1, -0.05) is 18.5 Å². The molecule has 4 N–H and O–H groups in total. The van der Waals surface area contributed by atoms with Crippen molar-refractivity contribution < 1.29 is 13.2 Å². The summed E-state index contributed by atoms with van der Waals surface area (Å²) in [6.07, 6.45) is 1.20. The molecule has 0 atom stereocenters. The molecule has 0 bridgehead atoms. The second-order valence-corrected chi connectivity index (χ2v) is 6.76. The normalized spacial score (nSPS) is 11.2. The van der Waals surface area contributed by atoms with Crippen molar-refractivity contribution in [2.45, 2.75) is 19.8 Å². The maximum atomic E-state index is 12.1. The number of primary sulfonamides is 1. The van der Waals surface area contributed by atoms with E-state index >= 15 is 0 Å². The van der Waals surface area contributed by atoms with Crippen molar-refractivity contribution in [2.24, 2.45) is 5.14 Å². The van der Waals surface area contributed by atoms with E-state index in [0.717, 1.165) is 13.0 Å². The van der Waals surface area contributed by atoms with Gasteiger partial charge in [-0.3, -0.25) is 4.79 Å². The molecule has 0 spiro atoms. The number of amides is 1. The Kier molecular flexibility index (Phi) is 6.94. The van der Waals surface area contributed by atoms with Crippen molar-refractivity contribution >= 4 is 33.2 Å². The molecule has 118 valence electrons. The molecule has 0 aliphatic heterocycles. The van der Waals surface area contributed by atoms with E-state index in [1.54, 1.807) is 18.2 Å². The highest BCUT2D eigenvalue weighted by Gasteiger charge is 2.12. The number of sulfonamides is 1. The molecule has 0 unspecified atom stereocenters. The lowest BCUT2D eigenvalue weighted by Gasteiger charge is -2.12. The summed E-state index contributed by atoms with van der Waals surface area (Å²) in [4.78, 5) is 12.1. The lowest BCUT2D eigenvalue weighted by atomic mass is 10.1. The van der Waals surface area contributed by atoms with Crippen LogP contribution in [0.3, 0.4) is 0 Å². The maximum absolute atomic E-state index is 12.1. The second kappa shape index (κ2) is 8.21. The van der Waals surface area contributed by atoms with Crippen molar-refractivity contribution in [1.29, 1.82) is 0 Å². The first kappa shape index (κ1) is 17.7. The number of benzene rings is 1. The smallest absolute Gasteiger partial charge is 0.253 e. The Bertz CT molecular complexity index is 590. The molecule has 0 aliphatic rings. The topological polar surface area (TPSA) is 101 Å². The number of anilines is 1. The van der Waals surface area contributed by atoms with Crippen LogP contribution in [0.15, 0.2) is 18.2 Å². The fraction of sp³-hybridized carbons (Fsp3) is 0.462. The summed E-state index contributed by atoms with van der Waals surface area (Å²) in [5, 5.41) is 11.2. The van der Waals surface area contributed by atoms with E-state index in [0.29, 0.717) is 16.3 Å². The highest BCUT2D eigenvalue weighted by Crippen LogP contribution is 2.20. The molecule has 0 fully saturated rings. The summed E-state index contributed by atoms with van der Waals surface area (Å²) < 4.78 is 21.6. The van der Waals surface area contributed by atoms with E-state index in [-0.39, 0.29) is 24.6 Å². The van der Waals surface area contributed by atoms with Crippen LogP contribution in [-0.4, -0.2) is 33.2 Å². The van der Waals surface area contributed by atoms with Gasteiger partial charge in [0, 0.05) is 23.8 Å². The summed E-state index contributed by atoms with van der Waals surface area (Å²) in [7, 11) is -3.50. The van der Waals surface area contributed by atoms with Gasteiger partial charge in [-0.2, -0.15) is 0 Å². The fourth-order valence-corrected chi connectivity index (χ4v) is 2.41. The summed E-state index contributed by atoms with van der Waals surface area (Å²) >= 11 is 5.91. The standard InChI is InChI=1S/C13H20ClN3O3S/c1-2-6-16-12-5-4-10(14)9-11(12)13(18)17-7-3-8-21(15,19)20/h4-5,9,16H,2-3,6-8H2,1H3,(H,17,18)(H2,15,19,20). The van der Waals surface area contributed by atoms with Gasteiger partial charge in [-0.05, 0) is 31.0 Å². The van der Waals surface area contributed by atoms with E-state index in [1.807, 2.05) is 6.92 Å². The first-order valence-electron chi connectivity index (χ1n) is 6.65. The lowest BCUT2D eigenvalue weighted by molar-refractivity contribution is 0.0954. The number of rotatable bonds is 8. The SMILES string of the molecule is CCCNc1ccc(Cl)cc1C(=O)NCCCS(N)(=O)=O. The molecular weight excluding hydrogens is 314 g/mol. The van der Waals surface area contributed by atoms with Crippen molar-refractivity contribution in [2.75, 3.05) is 24.2 Å². The quantitative estimate of drug-likeness (QED) is 0.628. The monoisotopic (exact) mass is 333 g/mol. The molecule has 6 nitrogen and oxygen atoms in total. The van der Waals surface area contributed by atoms with Crippen molar-refractivity contribution in [1.82, 2.24) is 5.32 Å². The zero-order chi connectivity index (χ0) is 15.9.